The number of hydrogen-bond donors (Lipinski definition) is 1. The number of nitrogens with zero attached hydrogens (tertiary/aromatic N) is 3. The van der Waals surface area contributed by atoms with Crippen molar-refractivity contribution in [1.29, 1.82) is 0 Å². The van der Waals surface area contributed by atoms with E-state index in [1.807, 2.05) is 6.92 Å². The number of aryl methyl sites for hydroxylation is 2. The van der Waals surface area contributed by atoms with Crippen LogP contribution in [0.25, 0.3) is 11.5 Å². The van der Waals surface area contributed by atoms with E-state index in [0.717, 1.165) is 5.69 Å². The van der Waals surface area contributed by atoms with Gasteiger partial charge in [0.25, 0.3) is 0 Å². The Morgan fingerprint density at radius 3 is 2.72 bits per heavy atom. The maximum atomic E-state index is 11.6. The molecular formula is C12H14N4O2. The number of aromatic nitrogens is 4. The first-order chi connectivity index (χ1) is 8.61. The molecule has 0 unspecified atom stereocenters. The summed E-state index contributed by atoms with van der Waals surface area (Å²) in [6, 6.07) is 0. The zero-order valence-electron chi connectivity index (χ0n) is 10.5. The minimum absolute atomic E-state index is 0.286. The normalized spacial score (nSPS) is 10.4. The number of esters is 1. The van der Waals surface area contributed by atoms with Crippen LogP contribution in [0.3, 0.4) is 0 Å². The van der Waals surface area contributed by atoms with Gasteiger partial charge in [0.1, 0.15) is 5.69 Å². The Morgan fingerprint density at radius 1 is 1.33 bits per heavy atom. The third kappa shape index (κ3) is 2.37. The highest BCUT2D eigenvalue weighted by atomic mass is 16.5. The van der Waals surface area contributed by atoms with E-state index < -0.39 is 5.97 Å². The van der Waals surface area contributed by atoms with Crippen LogP contribution >= 0.6 is 0 Å². The van der Waals surface area contributed by atoms with E-state index in [2.05, 4.69) is 19.9 Å². The maximum Gasteiger partial charge on any atom is 0.358 e. The molecule has 0 radical (unpaired) electrons. The van der Waals surface area contributed by atoms with Crippen LogP contribution in [0, 0.1) is 13.8 Å². The summed E-state index contributed by atoms with van der Waals surface area (Å²) in [5, 5.41) is 0. The van der Waals surface area contributed by atoms with E-state index >= 15 is 0 Å². The molecule has 94 valence electrons. The first-order valence-corrected chi connectivity index (χ1v) is 5.64. The number of carbonyl (C=O) groups is 1. The molecule has 0 aromatic carbocycles. The molecule has 2 aromatic rings. The predicted molar refractivity (Wildman–Crippen MR) is 65.0 cm³/mol. The molecule has 0 amide bonds. The summed E-state index contributed by atoms with van der Waals surface area (Å²) in [4.78, 5) is 27.2. The van der Waals surface area contributed by atoms with Crippen LogP contribution in [-0.4, -0.2) is 32.5 Å². The molecule has 0 bridgehead atoms. The highest BCUT2D eigenvalue weighted by molar-refractivity contribution is 5.89. The van der Waals surface area contributed by atoms with Gasteiger partial charge in [0, 0.05) is 11.9 Å². The second-order valence-corrected chi connectivity index (χ2v) is 3.82. The minimum atomic E-state index is -0.433. The summed E-state index contributed by atoms with van der Waals surface area (Å²) < 4.78 is 4.92. The Balaban J connectivity index is 2.34. The largest absolute Gasteiger partial charge is 0.461 e. The summed E-state index contributed by atoms with van der Waals surface area (Å²) in [5.74, 6) is 0.0839. The molecular weight excluding hydrogens is 232 g/mol. The molecule has 2 aromatic heterocycles. The molecule has 0 aliphatic carbocycles. The van der Waals surface area contributed by atoms with Gasteiger partial charge in [-0.15, -0.1) is 0 Å². The molecule has 0 saturated heterocycles. The average molecular weight is 246 g/mol. The summed E-state index contributed by atoms with van der Waals surface area (Å²) in [5.41, 5.74) is 2.37. The molecule has 0 spiro atoms. The first kappa shape index (κ1) is 12.2. The van der Waals surface area contributed by atoms with E-state index in [-0.39, 0.29) is 5.69 Å². The van der Waals surface area contributed by atoms with Crippen LogP contribution in [0.4, 0.5) is 0 Å². The fourth-order valence-corrected chi connectivity index (χ4v) is 1.49. The fraction of sp³-hybridized carbons (Fsp3) is 0.333. The third-order valence-corrected chi connectivity index (χ3v) is 2.38. The Labute approximate surface area is 104 Å². The fourth-order valence-electron chi connectivity index (χ4n) is 1.49. The summed E-state index contributed by atoms with van der Waals surface area (Å²) in [6.45, 7) is 5.70. The van der Waals surface area contributed by atoms with Crippen molar-refractivity contribution in [3.8, 4) is 11.5 Å². The van der Waals surface area contributed by atoms with Gasteiger partial charge >= 0.3 is 5.97 Å². The molecule has 6 nitrogen and oxygen atoms in total. The van der Waals surface area contributed by atoms with Crippen LogP contribution in [0.15, 0.2) is 12.4 Å². The Kier molecular flexibility index (Phi) is 3.36. The van der Waals surface area contributed by atoms with Gasteiger partial charge in [-0.25, -0.2) is 14.8 Å². The van der Waals surface area contributed by atoms with Gasteiger partial charge in [0.2, 0.25) is 0 Å². The van der Waals surface area contributed by atoms with Gasteiger partial charge in [-0.2, -0.15) is 0 Å². The molecule has 0 atom stereocenters. The highest BCUT2D eigenvalue weighted by Gasteiger charge is 2.17. The molecule has 0 fully saturated rings. The number of aromatic amines is 1. The van der Waals surface area contributed by atoms with Gasteiger partial charge in [0.05, 0.1) is 18.5 Å². The Morgan fingerprint density at radius 2 is 2.11 bits per heavy atom. The molecule has 6 heteroatoms. The van der Waals surface area contributed by atoms with E-state index in [1.54, 1.807) is 26.2 Å². The SMILES string of the molecule is CCOC(=O)c1nc(-c2cnc(C)cn2)[nH]c1C. The van der Waals surface area contributed by atoms with Gasteiger partial charge in [0.15, 0.2) is 11.5 Å². The van der Waals surface area contributed by atoms with Crippen molar-refractivity contribution in [2.75, 3.05) is 6.61 Å². The van der Waals surface area contributed by atoms with Crippen LogP contribution in [0.5, 0.6) is 0 Å². The van der Waals surface area contributed by atoms with Crippen LogP contribution < -0.4 is 0 Å². The second kappa shape index (κ2) is 4.95. The number of hydrogen-bond acceptors (Lipinski definition) is 5. The summed E-state index contributed by atoms with van der Waals surface area (Å²) >= 11 is 0. The molecule has 1 N–H and O–H groups in total. The number of imidazole rings is 1. The lowest BCUT2D eigenvalue weighted by Gasteiger charge is -1.97. The van der Waals surface area contributed by atoms with Crippen molar-refractivity contribution in [2.24, 2.45) is 0 Å². The standard InChI is InChI=1S/C12H14N4O2/c1-4-18-12(17)10-8(3)15-11(16-10)9-6-13-7(2)5-14-9/h5-6H,4H2,1-3H3,(H,15,16). The van der Waals surface area contributed by atoms with E-state index in [9.17, 15) is 4.79 Å². The lowest BCUT2D eigenvalue weighted by atomic mass is 10.3. The third-order valence-electron chi connectivity index (χ3n) is 2.38. The molecule has 2 heterocycles. The average Bonchev–Trinajstić information content (AvgIpc) is 2.72. The zero-order valence-corrected chi connectivity index (χ0v) is 10.5. The predicted octanol–water partition coefficient (Wildman–Crippen LogP) is 1.66. The highest BCUT2D eigenvalue weighted by Crippen LogP contribution is 2.15. The van der Waals surface area contributed by atoms with Gasteiger partial charge in [-0.3, -0.25) is 4.98 Å². The Hall–Kier alpha value is -2.24. The second-order valence-electron chi connectivity index (χ2n) is 3.82. The number of carbonyl (C=O) groups excluding carboxylic acids is 1. The zero-order chi connectivity index (χ0) is 13.1. The lowest BCUT2D eigenvalue weighted by molar-refractivity contribution is 0.0519. The van der Waals surface area contributed by atoms with Gasteiger partial charge in [-0.05, 0) is 20.8 Å². The minimum Gasteiger partial charge on any atom is -0.461 e. The van der Waals surface area contributed by atoms with E-state index in [0.29, 0.717) is 23.8 Å². The van der Waals surface area contributed by atoms with Crippen LogP contribution in [-0.2, 0) is 4.74 Å². The molecule has 0 aliphatic heterocycles. The van der Waals surface area contributed by atoms with Crippen molar-refractivity contribution in [1.82, 2.24) is 19.9 Å². The number of nitrogens with one attached hydrogen (secondary N) is 1. The first-order valence-electron chi connectivity index (χ1n) is 5.64. The maximum absolute atomic E-state index is 11.6. The smallest absolute Gasteiger partial charge is 0.358 e. The molecule has 2 rings (SSSR count). The Bertz CT molecular complexity index is 560. The van der Waals surface area contributed by atoms with Crippen molar-refractivity contribution in [2.45, 2.75) is 20.8 Å². The number of ether oxygens (including phenoxy) is 1. The van der Waals surface area contributed by atoms with Crippen molar-refractivity contribution < 1.29 is 9.53 Å². The topological polar surface area (TPSA) is 80.8 Å². The van der Waals surface area contributed by atoms with Gasteiger partial charge < -0.3 is 9.72 Å². The van der Waals surface area contributed by atoms with Crippen molar-refractivity contribution in [3.05, 3.63) is 29.5 Å². The summed E-state index contributed by atoms with van der Waals surface area (Å²) in [6.07, 6.45) is 3.26. The number of rotatable bonds is 3. The number of H-pyrrole nitrogens is 1. The monoisotopic (exact) mass is 246 g/mol. The van der Waals surface area contributed by atoms with Crippen molar-refractivity contribution in [3.63, 3.8) is 0 Å². The van der Waals surface area contributed by atoms with Crippen LogP contribution in [0.2, 0.25) is 0 Å². The van der Waals surface area contributed by atoms with Crippen LogP contribution in [0.1, 0.15) is 28.8 Å². The molecule has 0 aliphatic rings. The van der Waals surface area contributed by atoms with E-state index in [4.69, 9.17) is 4.74 Å². The summed E-state index contributed by atoms with van der Waals surface area (Å²) in [7, 11) is 0. The molecule has 0 saturated carbocycles. The van der Waals surface area contributed by atoms with E-state index in [1.165, 1.54) is 0 Å². The lowest BCUT2D eigenvalue weighted by Crippen LogP contribution is -2.06. The van der Waals surface area contributed by atoms with Gasteiger partial charge in [-0.1, -0.05) is 0 Å². The quantitative estimate of drug-likeness (QED) is 0.833. The molecule has 18 heavy (non-hydrogen) atoms. The van der Waals surface area contributed by atoms with Crippen molar-refractivity contribution >= 4 is 5.97 Å².